The van der Waals surface area contributed by atoms with E-state index in [1.807, 2.05) is 0 Å². The van der Waals surface area contributed by atoms with Crippen molar-refractivity contribution in [2.75, 3.05) is 32.8 Å². The van der Waals surface area contributed by atoms with E-state index in [9.17, 15) is 5.11 Å². The molecule has 0 spiro atoms. The number of hydrogen-bond acceptors (Lipinski definition) is 3. The van der Waals surface area contributed by atoms with Crippen LogP contribution in [0.1, 0.15) is 47.0 Å². The quantitative estimate of drug-likeness (QED) is 0.732. The number of nitrogens with one attached hydrogen (secondary N) is 1. The molecular weight excluding hydrogens is 224 g/mol. The Hall–Kier alpha value is -0.120. The maximum atomic E-state index is 9.55. The summed E-state index contributed by atoms with van der Waals surface area (Å²) in [5.74, 6) is 1.67. The van der Waals surface area contributed by atoms with Crippen LogP contribution in [-0.4, -0.2) is 48.3 Å². The molecule has 0 saturated carbocycles. The van der Waals surface area contributed by atoms with E-state index < -0.39 is 0 Å². The van der Waals surface area contributed by atoms with E-state index in [0.717, 1.165) is 37.8 Å². The summed E-state index contributed by atoms with van der Waals surface area (Å²) in [6, 6.07) is 0. The average Bonchev–Trinajstić information content (AvgIpc) is 2.38. The lowest BCUT2D eigenvalue weighted by Crippen LogP contribution is -2.49. The lowest BCUT2D eigenvalue weighted by Gasteiger charge is -2.38. The van der Waals surface area contributed by atoms with Crippen LogP contribution in [-0.2, 0) is 0 Å². The molecule has 0 amide bonds. The normalized spacial score (nSPS) is 29.2. The molecule has 0 bridgehead atoms. The van der Waals surface area contributed by atoms with Gasteiger partial charge in [0.1, 0.15) is 0 Å². The first kappa shape index (κ1) is 15.9. The molecule has 18 heavy (non-hydrogen) atoms. The van der Waals surface area contributed by atoms with Gasteiger partial charge >= 0.3 is 0 Å². The maximum absolute atomic E-state index is 9.55. The van der Waals surface area contributed by atoms with Crippen molar-refractivity contribution in [1.29, 1.82) is 0 Å². The van der Waals surface area contributed by atoms with Crippen LogP contribution in [0.2, 0.25) is 0 Å². The molecule has 1 heterocycles. The summed E-state index contributed by atoms with van der Waals surface area (Å²) in [4.78, 5) is 2.56. The van der Waals surface area contributed by atoms with Gasteiger partial charge in [0.05, 0.1) is 6.61 Å². The summed E-state index contributed by atoms with van der Waals surface area (Å²) in [6.07, 6.45) is 3.47. The zero-order valence-corrected chi connectivity index (χ0v) is 12.7. The second kappa shape index (κ2) is 7.46. The Labute approximate surface area is 113 Å². The van der Waals surface area contributed by atoms with Crippen LogP contribution in [0, 0.1) is 11.8 Å². The standard InChI is InChI=1S/C15H32N2O/c1-5-8-16-15(4,12-18)7-10-17-9-6-13(2)14(3)11-17/h13-14,16,18H,5-12H2,1-4H3. The fraction of sp³-hybridized carbons (Fsp3) is 1.00. The molecule has 2 N–H and O–H groups in total. The van der Waals surface area contributed by atoms with Crippen molar-refractivity contribution in [3.05, 3.63) is 0 Å². The Morgan fingerprint density at radius 2 is 2.06 bits per heavy atom. The van der Waals surface area contributed by atoms with Crippen molar-refractivity contribution >= 4 is 0 Å². The number of piperidine rings is 1. The summed E-state index contributed by atoms with van der Waals surface area (Å²) in [5.41, 5.74) is -0.109. The van der Waals surface area contributed by atoms with Gasteiger partial charge in [-0.25, -0.2) is 0 Å². The zero-order valence-electron chi connectivity index (χ0n) is 12.7. The van der Waals surface area contributed by atoms with E-state index in [1.54, 1.807) is 0 Å². The second-order valence-corrected chi connectivity index (χ2v) is 6.44. The molecule has 1 fully saturated rings. The Balaban J connectivity index is 2.34. The molecule has 0 aromatic carbocycles. The van der Waals surface area contributed by atoms with Gasteiger partial charge in [0.25, 0.3) is 0 Å². The highest BCUT2D eigenvalue weighted by Crippen LogP contribution is 2.23. The summed E-state index contributed by atoms with van der Waals surface area (Å²) < 4.78 is 0. The van der Waals surface area contributed by atoms with E-state index in [0.29, 0.717) is 0 Å². The fourth-order valence-corrected chi connectivity index (χ4v) is 2.61. The first-order valence-corrected chi connectivity index (χ1v) is 7.59. The Kier molecular flexibility index (Phi) is 6.61. The summed E-state index contributed by atoms with van der Waals surface area (Å²) in [7, 11) is 0. The Morgan fingerprint density at radius 3 is 2.61 bits per heavy atom. The van der Waals surface area contributed by atoms with Gasteiger partial charge in [-0.15, -0.1) is 0 Å². The smallest absolute Gasteiger partial charge is 0.0611 e. The molecule has 1 aliphatic rings. The third-order valence-electron chi connectivity index (χ3n) is 4.55. The first-order chi connectivity index (χ1) is 8.50. The van der Waals surface area contributed by atoms with E-state index >= 15 is 0 Å². The second-order valence-electron chi connectivity index (χ2n) is 6.44. The van der Waals surface area contributed by atoms with Crippen LogP contribution in [0.15, 0.2) is 0 Å². The number of hydrogen-bond donors (Lipinski definition) is 2. The van der Waals surface area contributed by atoms with E-state index in [-0.39, 0.29) is 12.1 Å². The van der Waals surface area contributed by atoms with E-state index in [4.69, 9.17) is 0 Å². The molecule has 3 atom stereocenters. The molecule has 3 unspecified atom stereocenters. The minimum atomic E-state index is -0.109. The highest BCUT2D eigenvalue weighted by Gasteiger charge is 2.26. The average molecular weight is 256 g/mol. The lowest BCUT2D eigenvalue weighted by atomic mass is 9.88. The molecule has 108 valence electrons. The van der Waals surface area contributed by atoms with Crippen LogP contribution in [0.25, 0.3) is 0 Å². The van der Waals surface area contributed by atoms with Gasteiger partial charge in [0.15, 0.2) is 0 Å². The van der Waals surface area contributed by atoms with Crippen molar-refractivity contribution < 1.29 is 5.11 Å². The minimum Gasteiger partial charge on any atom is -0.394 e. The Bertz CT molecular complexity index is 235. The number of nitrogens with zero attached hydrogens (tertiary/aromatic N) is 1. The lowest BCUT2D eigenvalue weighted by molar-refractivity contribution is 0.107. The maximum Gasteiger partial charge on any atom is 0.0611 e. The van der Waals surface area contributed by atoms with Crippen LogP contribution >= 0.6 is 0 Å². The third kappa shape index (κ3) is 4.87. The monoisotopic (exact) mass is 256 g/mol. The highest BCUT2D eigenvalue weighted by molar-refractivity contribution is 4.85. The van der Waals surface area contributed by atoms with Gasteiger partial charge in [-0.2, -0.15) is 0 Å². The van der Waals surface area contributed by atoms with Gasteiger partial charge in [0, 0.05) is 12.1 Å². The summed E-state index contributed by atoms with van der Waals surface area (Å²) >= 11 is 0. The van der Waals surface area contributed by atoms with Gasteiger partial charge in [-0.05, 0) is 57.7 Å². The van der Waals surface area contributed by atoms with Gasteiger partial charge in [0.2, 0.25) is 0 Å². The van der Waals surface area contributed by atoms with Crippen LogP contribution in [0.5, 0.6) is 0 Å². The molecule has 1 aliphatic heterocycles. The Morgan fingerprint density at radius 1 is 1.33 bits per heavy atom. The van der Waals surface area contributed by atoms with Crippen molar-refractivity contribution in [2.45, 2.75) is 52.5 Å². The zero-order chi connectivity index (χ0) is 13.6. The largest absolute Gasteiger partial charge is 0.394 e. The first-order valence-electron chi connectivity index (χ1n) is 7.59. The van der Waals surface area contributed by atoms with Crippen molar-refractivity contribution in [3.8, 4) is 0 Å². The molecule has 1 rings (SSSR count). The summed E-state index contributed by atoms with van der Waals surface area (Å²) in [6.45, 7) is 13.8. The summed E-state index contributed by atoms with van der Waals surface area (Å²) in [5, 5.41) is 13.0. The molecule has 0 aromatic rings. The molecule has 0 aromatic heterocycles. The molecule has 1 saturated heterocycles. The highest BCUT2D eigenvalue weighted by atomic mass is 16.3. The van der Waals surface area contributed by atoms with Crippen molar-refractivity contribution in [3.63, 3.8) is 0 Å². The van der Waals surface area contributed by atoms with E-state index in [1.165, 1.54) is 19.5 Å². The molecular formula is C15H32N2O. The fourth-order valence-electron chi connectivity index (χ4n) is 2.61. The van der Waals surface area contributed by atoms with E-state index in [2.05, 4.69) is 37.9 Å². The van der Waals surface area contributed by atoms with Crippen molar-refractivity contribution in [2.24, 2.45) is 11.8 Å². The van der Waals surface area contributed by atoms with Gasteiger partial charge in [-0.3, -0.25) is 0 Å². The van der Waals surface area contributed by atoms with Crippen LogP contribution in [0.3, 0.4) is 0 Å². The predicted octanol–water partition coefficient (Wildman–Crippen LogP) is 2.10. The predicted molar refractivity (Wildman–Crippen MR) is 77.8 cm³/mol. The third-order valence-corrected chi connectivity index (χ3v) is 4.55. The SMILES string of the molecule is CCCNC(C)(CO)CCN1CCC(C)C(C)C1. The van der Waals surface area contributed by atoms with Crippen LogP contribution in [0.4, 0.5) is 0 Å². The number of aliphatic hydroxyl groups is 1. The van der Waals surface area contributed by atoms with Gasteiger partial charge in [-0.1, -0.05) is 20.8 Å². The molecule has 0 radical (unpaired) electrons. The molecule has 3 heteroatoms. The number of likely N-dealkylation sites (tertiary alicyclic amines) is 1. The minimum absolute atomic E-state index is 0.109. The molecule has 3 nitrogen and oxygen atoms in total. The van der Waals surface area contributed by atoms with Gasteiger partial charge < -0.3 is 15.3 Å². The molecule has 0 aliphatic carbocycles. The van der Waals surface area contributed by atoms with Crippen molar-refractivity contribution in [1.82, 2.24) is 10.2 Å². The number of rotatable bonds is 7. The topological polar surface area (TPSA) is 35.5 Å². The number of aliphatic hydroxyl groups excluding tert-OH is 1. The van der Waals surface area contributed by atoms with Crippen LogP contribution < -0.4 is 5.32 Å².